The van der Waals surface area contributed by atoms with Crippen molar-refractivity contribution < 1.29 is 23.5 Å². The van der Waals surface area contributed by atoms with Gasteiger partial charge in [0.15, 0.2) is 11.6 Å². The number of carbonyl (C=O) groups is 2. The fraction of sp³-hybridized carbons (Fsp3) is 0.429. The Morgan fingerprint density at radius 3 is 2.19 bits per heavy atom. The van der Waals surface area contributed by atoms with Crippen molar-refractivity contribution in [3.8, 4) is 0 Å². The van der Waals surface area contributed by atoms with Crippen molar-refractivity contribution >= 4 is 23.2 Å². The lowest BCUT2D eigenvalue weighted by Gasteiger charge is -2.17. The highest BCUT2D eigenvalue weighted by Crippen LogP contribution is 2.30. The molecule has 0 saturated heterocycles. The summed E-state index contributed by atoms with van der Waals surface area (Å²) in [5.74, 6) is -3.79. The van der Waals surface area contributed by atoms with Crippen molar-refractivity contribution in [3.63, 3.8) is 0 Å². The molecule has 1 fully saturated rings. The van der Waals surface area contributed by atoms with Crippen LogP contribution in [0.4, 0.5) is 20.2 Å². The van der Waals surface area contributed by atoms with Crippen LogP contribution in [-0.4, -0.2) is 23.0 Å². The Morgan fingerprint density at radius 2 is 1.71 bits per heavy atom. The van der Waals surface area contributed by atoms with E-state index in [1.165, 1.54) is 6.92 Å². The Balaban J connectivity index is 2.23. The molecule has 5 nitrogen and oxygen atoms in total. The van der Waals surface area contributed by atoms with Gasteiger partial charge in [-0.3, -0.25) is 9.59 Å². The van der Waals surface area contributed by atoms with Gasteiger partial charge in [-0.2, -0.15) is 0 Å². The first kappa shape index (κ1) is 15.4. The smallest absolute Gasteiger partial charge is 0.230 e. The predicted octanol–water partition coefficient (Wildman–Crippen LogP) is 2.02. The van der Waals surface area contributed by atoms with E-state index in [0.29, 0.717) is 12.8 Å². The maximum absolute atomic E-state index is 13.3. The third kappa shape index (κ3) is 3.55. The van der Waals surface area contributed by atoms with Gasteiger partial charge in [0.05, 0.1) is 23.4 Å². The summed E-state index contributed by atoms with van der Waals surface area (Å²) in [6, 6.07) is 1.61. The van der Waals surface area contributed by atoms with Gasteiger partial charge in [-0.1, -0.05) is 0 Å². The SMILES string of the molecule is CC(=O)Nc1cc(F)c(F)cc1NC(=O)C1CCCC1O. The van der Waals surface area contributed by atoms with Gasteiger partial charge in [0.25, 0.3) is 0 Å². The van der Waals surface area contributed by atoms with Gasteiger partial charge in [0, 0.05) is 19.1 Å². The van der Waals surface area contributed by atoms with Crippen LogP contribution in [0.1, 0.15) is 26.2 Å². The number of rotatable bonds is 3. The zero-order valence-corrected chi connectivity index (χ0v) is 11.5. The lowest BCUT2D eigenvalue weighted by Crippen LogP contribution is -2.29. The topological polar surface area (TPSA) is 78.4 Å². The van der Waals surface area contributed by atoms with E-state index in [1.807, 2.05) is 0 Å². The first-order chi connectivity index (χ1) is 9.88. The van der Waals surface area contributed by atoms with Gasteiger partial charge in [0.2, 0.25) is 11.8 Å². The van der Waals surface area contributed by atoms with Gasteiger partial charge in [-0.25, -0.2) is 8.78 Å². The molecular weight excluding hydrogens is 282 g/mol. The Labute approximate surface area is 120 Å². The van der Waals surface area contributed by atoms with Gasteiger partial charge >= 0.3 is 0 Å². The molecule has 0 heterocycles. The molecule has 7 heteroatoms. The second-order valence-electron chi connectivity index (χ2n) is 5.09. The first-order valence-electron chi connectivity index (χ1n) is 6.64. The van der Waals surface area contributed by atoms with Crippen LogP contribution in [0, 0.1) is 17.6 Å². The van der Waals surface area contributed by atoms with Crippen LogP contribution in [0.2, 0.25) is 0 Å². The molecule has 1 aliphatic carbocycles. The second kappa shape index (κ2) is 6.17. The van der Waals surface area contributed by atoms with Crippen LogP contribution >= 0.6 is 0 Å². The first-order valence-corrected chi connectivity index (χ1v) is 6.64. The van der Waals surface area contributed by atoms with Crippen molar-refractivity contribution in [1.82, 2.24) is 0 Å². The van der Waals surface area contributed by atoms with E-state index in [4.69, 9.17) is 0 Å². The highest BCUT2D eigenvalue weighted by atomic mass is 19.2. The summed E-state index contributed by atoms with van der Waals surface area (Å²) >= 11 is 0. The molecular formula is C14H16F2N2O3. The van der Waals surface area contributed by atoms with E-state index in [-0.39, 0.29) is 11.4 Å². The molecule has 1 saturated carbocycles. The lowest BCUT2D eigenvalue weighted by molar-refractivity contribution is -0.122. The van der Waals surface area contributed by atoms with Crippen LogP contribution in [0.5, 0.6) is 0 Å². The van der Waals surface area contributed by atoms with Crippen molar-refractivity contribution in [3.05, 3.63) is 23.8 Å². The quantitative estimate of drug-likeness (QED) is 0.799. The zero-order valence-electron chi connectivity index (χ0n) is 11.5. The van der Waals surface area contributed by atoms with Gasteiger partial charge in [0.1, 0.15) is 0 Å². The van der Waals surface area contributed by atoms with Crippen LogP contribution in [-0.2, 0) is 9.59 Å². The number of aliphatic hydroxyl groups is 1. The summed E-state index contributed by atoms with van der Waals surface area (Å²) in [5.41, 5.74) is -0.0598. The molecule has 21 heavy (non-hydrogen) atoms. The third-order valence-corrected chi connectivity index (χ3v) is 3.45. The minimum Gasteiger partial charge on any atom is -0.392 e. The maximum Gasteiger partial charge on any atom is 0.230 e. The van der Waals surface area contributed by atoms with Crippen molar-refractivity contribution in [1.29, 1.82) is 0 Å². The van der Waals surface area contributed by atoms with Crippen LogP contribution in [0.3, 0.4) is 0 Å². The highest BCUT2D eigenvalue weighted by Gasteiger charge is 2.31. The van der Waals surface area contributed by atoms with Gasteiger partial charge in [-0.15, -0.1) is 0 Å². The maximum atomic E-state index is 13.3. The number of aliphatic hydroxyl groups excluding tert-OH is 1. The molecule has 0 radical (unpaired) electrons. The molecule has 0 aliphatic heterocycles. The molecule has 2 amide bonds. The monoisotopic (exact) mass is 298 g/mol. The van der Waals surface area contributed by atoms with Gasteiger partial charge in [-0.05, 0) is 19.3 Å². The molecule has 1 aromatic rings. The Kier molecular flexibility index (Phi) is 4.52. The summed E-state index contributed by atoms with van der Waals surface area (Å²) in [6.07, 6.45) is 1.07. The minimum atomic E-state index is -1.13. The molecule has 0 spiro atoms. The largest absolute Gasteiger partial charge is 0.392 e. The number of hydrogen-bond acceptors (Lipinski definition) is 3. The van der Waals surface area contributed by atoms with Crippen molar-refractivity contribution in [2.24, 2.45) is 5.92 Å². The van der Waals surface area contributed by atoms with Crippen molar-refractivity contribution in [2.45, 2.75) is 32.3 Å². The Hall–Kier alpha value is -2.02. The van der Waals surface area contributed by atoms with E-state index in [0.717, 1.165) is 18.6 Å². The standard InChI is InChI=1S/C14H16F2N2O3/c1-7(19)17-11-5-9(15)10(16)6-12(11)18-14(21)8-3-2-4-13(8)20/h5-6,8,13,20H,2-4H2,1H3,(H,17,19)(H,18,21). The van der Waals surface area contributed by atoms with Gasteiger partial charge < -0.3 is 15.7 Å². The van der Waals surface area contributed by atoms with Crippen LogP contribution in [0.15, 0.2) is 12.1 Å². The third-order valence-electron chi connectivity index (χ3n) is 3.45. The van der Waals surface area contributed by atoms with E-state index < -0.39 is 35.5 Å². The summed E-state index contributed by atoms with van der Waals surface area (Å²) in [7, 11) is 0. The fourth-order valence-electron chi connectivity index (χ4n) is 2.42. The fourth-order valence-corrected chi connectivity index (χ4v) is 2.42. The van der Waals surface area contributed by atoms with E-state index in [2.05, 4.69) is 10.6 Å². The summed E-state index contributed by atoms with van der Waals surface area (Å²) < 4.78 is 26.5. The number of amides is 2. The average Bonchev–Trinajstić information content (AvgIpc) is 2.81. The highest BCUT2D eigenvalue weighted by molar-refractivity contribution is 5.99. The summed E-state index contributed by atoms with van der Waals surface area (Å²) in [6.45, 7) is 1.22. The number of carbonyl (C=O) groups excluding carboxylic acids is 2. The number of nitrogens with one attached hydrogen (secondary N) is 2. The Morgan fingerprint density at radius 1 is 1.14 bits per heavy atom. The molecule has 0 bridgehead atoms. The normalized spacial score (nSPS) is 21.1. The number of hydrogen-bond donors (Lipinski definition) is 3. The molecule has 114 valence electrons. The summed E-state index contributed by atoms with van der Waals surface area (Å²) in [4.78, 5) is 23.1. The molecule has 1 aliphatic rings. The number of halogens is 2. The molecule has 3 N–H and O–H groups in total. The van der Waals surface area contributed by atoms with Crippen LogP contribution in [0.25, 0.3) is 0 Å². The van der Waals surface area contributed by atoms with E-state index >= 15 is 0 Å². The molecule has 2 rings (SSSR count). The predicted molar refractivity (Wildman–Crippen MR) is 72.6 cm³/mol. The van der Waals surface area contributed by atoms with Crippen molar-refractivity contribution in [2.75, 3.05) is 10.6 Å². The number of anilines is 2. The van der Waals surface area contributed by atoms with Crippen LogP contribution < -0.4 is 10.6 Å². The molecule has 2 unspecified atom stereocenters. The molecule has 0 aromatic heterocycles. The summed E-state index contributed by atoms with van der Waals surface area (Å²) in [5, 5.41) is 14.4. The Bertz CT molecular complexity index is 578. The molecule has 1 aromatic carbocycles. The zero-order chi connectivity index (χ0) is 15.6. The molecule has 2 atom stereocenters. The second-order valence-corrected chi connectivity index (χ2v) is 5.09. The number of benzene rings is 1. The average molecular weight is 298 g/mol. The van der Waals surface area contributed by atoms with E-state index in [1.54, 1.807) is 0 Å². The van der Waals surface area contributed by atoms with E-state index in [9.17, 15) is 23.5 Å². The lowest BCUT2D eigenvalue weighted by atomic mass is 10.1. The minimum absolute atomic E-state index is 0.0257.